The van der Waals surface area contributed by atoms with Gasteiger partial charge in [-0.3, -0.25) is 14.4 Å². The Balaban J connectivity index is 4.27. The second-order valence-corrected chi connectivity index (χ2v) is 23.1. The number of carbonyl (C=O) groups is 3. The molecule has 0 saturated carbocycles. The third kappa shape index (κ3) is 67.0. The van der Waals surface area contributed by atoms with Gasteiger partial charge in [-0.1, -0.05) is 317 Å². The summed E-state index contributed by atoms with van der Waals surface area (Å²) in [5.41, 5.74) is 0. The van der Waals surface area contributed by atoms with Gasteiger partial charge < -0.3 is 14.2 Å². The highest BCUT2D eigenvalue weighted by Crippen LogP contribution is 2.17. The molecule has 0 aliphatic heterocycles. The van der Waals surface area contributed by atoms with Gasteiger partial charge in [0.25, 0.3) is 0 Å². The molecule has 6 nitrogen and oxygen atoms in total. The maximum absolute atomic E-state index is 12.9. The summed E-state index contributed by atoms with van der Waals surface area (Å²) in [5.74, 6) is -0.879. The first-order valence-electron chi connectivity index (χ1n) is 34.7. The second kappa shape index (κ2) is 68.8. The van der Waals surface area contributed by atoms with Gasteiger partial charge in [0.1, 0.15) is 13.2 Å². The van der Waals surface area contributed by atoms with Crippen LogP contribution in [-0.2, 0) is 28.6 Å². The van der Waals surface area contributed by atoms with E-state index in [9.17, 15) is 14.4 Å². The minimum absolute atomic E-state index is 0.0793. The van der Waals surface area contributed by atoms with Crippen molar-refractivity contribution in [2.45, 2.75) is 348 Å². The van der Waals surface area contributed by atoms with E-state index in [4.69, 9.17) is 14.2 Å². The molecule has 466 valence electrons. The van der Waals surface area contributed by atoms with E-state index in [1.807, 2.05) is 0 Å². The molecular weight excluding hydrogens is 997 g/mol. The highest BCUT2D eigenvalue weighted by Gasteiger charge is 2.19. The summed E-state index contributed by atoms with van der Waals surface area (Å²) in [7, 11) is 0. The minimum atomic E-state index is -0.785. The lowest BCUT2D eigenvalue weighted by molar-refractivity contribution is -0.167. The highest BCUT2D eigenvalue weighted by molar-refractivity contribution is 5.71. The zero-order valence-electron chi connectivity index (χ0n) is 53.5. The van der Waals surface area contributed by atoms with E-state index in [2.05, 4.69) is 118 Å². The summed E-state index contributed by atoms with van der Waals surface area (Å²) in [4.78, 5) is 38.4. The van der Waals surface area contributed by atoms with Gasteiger partial charge in [-0.05, 0) is 103 Å². The van der Waals surface area contributed by atoms with Crippen molar-refractivity contribution < 1.29 is 28.6 Å². The Hall–Kier alpha value is -3.67. The molecule has 0 bridgehead atoms. The molecule has 81 heavy (non-hydrogen) atoms. The maximum atomic E-state index is 12.9. The normalized spacial score (nSPS) is 12.7. The van der Waals surface area contributed by atoms with Gasteiger partial charge in [-0.25, -0.2) is 0 Å². The fourth-order valence-corrected chi connectivity index (χ4v) is 9.89. The SMILES string of the molecule is CC/C=C\C/C=C\C/C=C\C/C=C\C/C=C\C/C=C\CCCCCCCCCCCCCCC(=O)OCC(COC(=O)CCCCCCCCCCCCCCCCCC)OC(=O)CCCCCCC/C=C\C/C=C\CCCCCC. The summed E-state index contributed by atoms with van der Waals surface area (Å²) in [6.07, 6.45) is 92.8. The van der Waals surface area contributed by atoms with Crippen LogP contribution in [0.4, 0.5) is 0 Å². The van der Waals surface area contributed by atoms with Crippen molar-refractivity contribution >= 4 is 17.9 Å². The van der Waals surface area contributed by atoms with E-state index < -0.39 is 6.10 Å². The van der Waals surface area contributed by atoms with E-state index in [-0.39, 0.29) is 31.1 Å². The van der Waals surface area contributed by atoms with Gasteiger partial charge in [0, 0.05) is 19.3 Å². The van der Waals surface area contributed by atoms with Gasteiger partial charge >= 0.3 is 17.9 Å². The molecule has 0 aromatic rings. The van der Waals surface area contributed by atoms with Crippen LogP contribution >= 0.6 is 0 Å². The van der Waals surface area contributed by atoms with Crippen LogP contribution in [-0.4, -0.2) is 37.2 Å². The number of carbonyl (C=O) groups excluding carboxylic acids is 3. The van der Waals surface area contributed by atoms with Crippen LogP contribution in [0.2, 0.25) is 0 Å². The molecule has 0 aromatic heterocycles. The molecule has 1 atom stereocenters. The van der Waals surface area contributed by atoms with Crippen molar-refractivity contribution in [1.82, 2.24) is 0 Å². The Morgan fingerprint density at radius 3 is 0.765 bits per heavy atom. The van der Waals surface area contributed by atoms with Gasteiger partial charge in [-0.15, -0.1) is 0 Å². The molecule has 0 saturated heterocycles. The molecule has 6 heteroatoms. The van der Waals surface area contributed by atoms with Gasteiger partial charge in [0.05, 0.1) is 0 Å². The number of esters is 3. The van der Waals surface area contributed by atoms with Crippen molar-refractivity contribution in [2.24, 2.45) is 0 Å². The lowest BCUT2D eigenvalue weighted by atomic mass is 10.0. The molecule has 0 heterocycles. The standard InChI is InChI=1S/C75H130O6/c1-4-7-10-13-16-19-22-25-28-31-32-33-34-35-36-37-38-39-40-41-42-43-44-45-48-50-53-56-59-62-65-68-74(77)80-71-72(81-75(78)69-66-63-60-57-54-51-47-30-27-24-21-18-15-12-9-6-3)70-79-73(76)67-64-61-58-55-52-49-46-29-26-23-20-17-14-11-8-5-2/h7,10,16,19,21,24-25,28,30,32-33,35-36,38-39,47,72H,4-6,8-9,11-15,17-18,20,22-23,26-27,29,31,34,37,40-46,48-71H2,1-3H3/b10-7-,19-16-,24-21-,28-25-,33-32-,36-35-,39-38-,47-30-. The zero-order valence-corrected chi connectivity index (χ0v) is 53.5. The maximum Gasteiger partial charge on any atom is 0.306 e. The van der Waals surface area contributed by atoms with Crippen LogP contribution in [0.5, 0.6) is 0 Å². The number of ether oxygens (including phenoxy) is 3. The predicted octanol–water partition coefficient (Wildman–Crippen LogP) is 24.0. The monoisotopic (exact) mass is 1130 g/mol. The third-order valence-corrected chi connectivity index (χ3v) is 15.1. The van der Waals surface area contributed by atoms with E-state index in [1.54, 1.807) is 0 Å². The van der Waals surface area contributed by atoms with E-state index in [1.165, 1.54) is 180 Å². The summed E-state index contributed by atoms with van der Waals surface area (Å²) >= 11 is 0. The fraction of sp³-hybridized carbons (Fsp3) is 0.747. The predicted molar refractivity (Wildman–Crippen MR) is 353 cm³/mol. The molecule has 1 unspecified atom stereocenters. The summed E-state index contributed by atoms with van der Waals surface area (Å²) < 4.78 is 17.0. The Bertz CT molecular complexity index is 1580. The lowest BCUT2D eigenvalue weighted by Gasteiger charge is -2.18. The molecule has 0 aromatic carbocycles. The smallest absolute Gasteiger partial charge is 0.306 e. The van der Waals surface area contributed by atoms with Crippen LogP contribution in [0.1, 0.15) is 342 Å². The van der Waals surface area contributed by atoms with Crippen molar-refractivity contribution in [1.29, 1.82) is 0 Å². The summed E-state index contributed by atoms with van der Waals surface area (Å²) in [6, 6.07) is 0. The number of hydrogen-bond donors (Lipinski definition) is 0. The molecule has 0 fully saturated rings. The van der Waals surface area contributed by atoms with Crippen LogP contribution in [0, 0.1) is 0 Å². The largest absolute Gasteiger partial charge is 0.462 e. The highest BCUT2D eigenvalue weighted by atomic mass is 16.6. The summed E-state index contributed by atoms with van der Waals surface area (Å²) in [5, 5.41) is 0. The Morgan fingerprint density at radius 1 is 0.259 bits per heavy atom. The van der Waals surface area contributed by atoms with Gasteiger partial charge in [-0.2, -0.15) is 0 Å². The summed E-state index contributed by atoms with van der Waals surface area (Å²) in [6.45, 7) is 6.54. The molecule has 0 spiro atoms. The molecule has 0 rings (SSSR count). The molecule has 0 radical (unpaired) electrons. The zero-order chi connectivity index (χ0) is 58.5. The number of rotatable bonds is 63. The average molecular weight is 1130 g/mol. The third-order valence-electron chi connectivity index (χ3n) is 15.1. The number of hydrogen-bond acceptors (Lipinski definition) is 6. The first kappa shape index (κ1) is 77.3. The van der Waals surface area contributed by atoms with Gasteiger partial charge in [0.15, 0.2) is 6.10 Å². The Morgan fingerprint density at radius 2 is 0.481 bits per heavy atom. The average Bonchev–Trinajstić information content (AvgIpc) is 3.47. The van der Waals surface area contributed by atoms with E-state index in [0.29, 0.717) is 19.3 Å². The molecule has 0 aliphatic rings. The van der Waals surface area contributed by atoms with Crippen LogP contribution in [0.3, 0.4) is 0 Å². The van der Waals surface area contributed by atoms with Crippen molar-refractivity contribution in [3.05, 3.63) is 97.2 Å². The topological polar surface area (TPSA) is 78.9 Å². The number of unbranched alkanes of at least 4 members (excludes halogenated alkanes) is 36. The second-order valence-electron chi connectivity index (χ2n) is 23.1. The van der Waals surface area contributed by atoms with Crippen molar-refractivity contribution in [2.75, 3.05) is 13.2 Å². The van der Waals surface area contributed by atoms with E-state index in [0.717, 1.165) is 122 Å². The van der Waals surface area contributed by atoms with Crippen LogP contribution in [0.25, 0.3) is 0 Å². The van der Waals surface area contributed by atoms with Crippen LogP contribution in [0.15, 0.2) is 97.2 Å². The quantitative estimate of drug-likeness (QED) is 0.0261. The molecule has 0 N–H and O–H groups in total. The molecule has 0 aliphatic carbocycles. The van der Waals surface area contributed by atoms with Crippen LogP contribution < -0.4 is 0 Å². The first-order valence-corrected chi connectivity index (χ1v) is 34.7. The first-order chi connectivity index (χ1) is 40.0. The number of allylic oxidation sites excluding steroid dienone is 16. The van der Waals surface area contributed by atoms with E-state index >= 15 is 0 Å². The van der Waals surface area contributed by atoms with Crippen molar-refractivity contribution in [3.8, 4) is 0 Å². The van der Waals surface area contributed by atoms with Gasteiger partial charge in [0.2, 0.25) is 0 Å². The lowest BCUT2D eigenvalue weighted by Crippen LogP contribution is -2.30. The molecular formula is C75H130O6. The molecule has 0 amide bonds. The van der Waals surface area contributed by atoms with Crippen molar-refractivity contribution in [3.63, 3.8) is 0 Å². The fourth-order valence-electron chi connectivity index (χ4n) is 9.89. The Labute approximate surface area is 502 Å². The minimum Gasteiger partial charge on any atom is -0.462 e. The Kier molecular flexibility index (Phi) is 65.7.